The molecule has 0 saturated carbocycles. The van der Waals surface area contributed by atoms with Gasteiger partial charge in [-0.25, -0.2) is 0 Å². The van der Waals surface area contributed by atoms with Crippen LogP contribution in [-0.2, 0) is 4.79 Å². The molecule has 1 aliphatic rings. The molecule has 4 heterocycles. The Bertz CT molecular complexity index is 1370. The van der Waals surface area contributed by atoms with Crippen LogP contribution in [0.25, 0.3) is 11.5 Å². The number of nitrogens with zero attached hydrogens (tertiary/aromatic N) is 6. The molecule has 10 nitrogen and oxygen atoms in total. The molecule has 0 unspecified atom stereocenters. The zero-order valence-electron chi connectivity index (χ0n) is 19.2. The topological polar surface area (TPSA) is 108 Å². The van der Waals surface area contributed by atoms with Crippen molar-refractivity contribution in [3.63, 3.8) is 0 Å². The molecule has 10 heteroatoms. The van der Waals surface area contributed by atoms with Crippen molar-refractivity contribution in [2.45, 2.75) is 46.1 Å². The molecule has 0 aliphatic carbocycles. The first-order chi connectivity index (χ1) is 15.9. The van der Waals surface area contributed by atoms with Crippen LogP contribution in [0.3, 0.4) is 0 Å². The third-order valence-electron chi connectivity index (χ3n) is 5.68. The summed E-state index contributed by atoms with van der Waals surface area (Å²) in [6, 6.07) is 9.44. The SMILES string of the molecule is COc1ccc([C@@H]2CC(=O)Nc3c2c(C)nn3-c2ccc3nnc(C)n3n2)cc1OC(C)C. The van der Waals surface area contributed by atoms with Gasteiger partial charge in [-0.1, -0.05) is 6.07 Å². The van der Waals surface area contributed by atoms with Crippen molar-refractivity contribution in [3.05, 3.63) is 53.0 Å². The molecule has 0 bridgehead atoms. The van der Waals surface area contributed by atoms with E-state index in [1.807, 2.05) is 58.0 Å². The fourth-order valence-corrected chi connectivity index (χ4v) is 4.25. The van der Waals surface area contributed by atoms with Gasteiger partial charge in [-0.05, 0) is 57.5 Å². The van der Waals surface area contributed by atoms with Crippen LogP contribution in [0.4, 0.5) is 5.82 Å². The summed E-state index contributed by atoms with van der Waals surface area (Å²) in [7, 11) is 1.61. The van der Waals surface area contributed by atoms with E-state index in [2.05, 4.69) is 20.6 Å². The lowest BCUT2D eigenvalue weighted by Crippen LogP contribution is -2.25. The Morgan fingerprint density at radius 3 is 2.67 bits per heavy atom. The lowest BCUT2D eigenvalue weighted by molar-refractivity contribution is -0.116. The van der Waals surface area contributed by atoms with E-state index in [0.29, 0.717) is 41.0 Å². The van der Waals surface area contributed by atoms with Crippen LogP contribution in [0.2, 0.25) is 0 Å². The number of carbonyl (C=O) groups excluding carboxylic acids is 1. The van der Waals surface area contributed by atoms with Crippen LogP contribution in [-0.4, -0.2) is 48.7 Å². The number of hydrogen-bond donors (Lipinski definition) is 1. The average Bonchev–Trinajstić information content (AvgIpc) is 3.32. The van der Waals surface area contributed by atoms with Gasteiger partial charge in [0.15, 0.2) is 28.8 Å². The van der Waals surface area contributed by atoms with Gasteiger partial charge in [0, 0.05) is 17.9 Å². The number of benzene rings is 1. The molecule has 0 saturated heterocycles. The van der Waals surface area contributed by atoms with Crippen molar-refractivity contribution in [1.29, 1.82) is 0 Å². The van der Waals surface area contributed by atoms with E-state index < -0.39 is 0 Å². The third-order valence-corrected chi connectivity index (χ3v) is 5.68. The van der Waals surface area contributed by atoms with Gasteiger partial charge >= 0.3 is 0 Å². The van der Waals surface area contributed by atoms with Gasteiger partial charge in [0.25, 0.3) is 0 Å². The maximum Gasteiger partial charge on any atom is 0.226 e. The van der Waals surface area contributed by atoms with Crippen molar-refractivity contribution >= 4 is 17.4 Å². The predicted octanol–water partition coefficient (Wildman–Crippen LogP) is 3.20. The molecule has 33 heavy (non-hydrogen) atoms. The number of rotatable bonds is 5. The number of hydrogen-bond acceptors (Lipinski definition) is 7. The fourth-order valence-electron chi connectivity index (χ4n) is 4.25. The molecule has 0 fully saturated rings. The highest BCUT2D eigenvalue weighted by atomic mass is 16.5. The van der Waals surface area contributed by atoms with Crippen molar-refractivity contribution in [1.82, 2.24) is 29.6 Å². The molecule has 1 amide bonds. The van der Waals surface area contributed by atoms with Crippen LogP contribution in [0.15, 0.2) is 30.3 Å². The number of amides is 1. The molecule has 1 aromatic carbocycles. The highest BCUT2D eigenvalue weighted by Gasteiger charge is 2.33. The molecule has 1 aliphatic heterocycles. The summed E-state index contributed by atoms with van der Waals surface area (Å²) in [5.41, 5.74) is 3.38. The van der Waals surface area contributed by atoms with Gasteiger partial charge in [0.05, 0.1) is 18.9 Å². The first kappa shape index (κ1) is 20.9. The second-order valence-electron chi connectivity index (χ2n) is 8.35. The molecule has 1 atom stereocenters. The number of fused-ring (bicyclic) bond motifs is 2. The fraction of sp³-hybridized carbons (Fsp3) is 0.348. The van der Waals surface area contributed by atoms with Gasteiger partial charge in [-0.15, -0.1) is 15.3 Å². The molecule has 0 spiro atoms. The second-order valence-corrected chi connectivity index (χ2v) is 8.35. The van der Waals surface area contributed by atoms with Crippen molar-refractivity contribution < 1.29 is 14.3 Å². The van der Waals surface area contributed by atoms with E-state index in [4.69, 9.17) is 14.6 Å². The van der Waals surface area contributed by atoms with Crippen LogP contribution >= 0.6 is 0 Å². The summed E-state index contributed by atoms with van der Waals surface area (Å²) in [6.45, 7) is 7.71. The van der Waals surface area contributed by atoms with Crippen LogP contribution in [0.1, 0.15) is 48.8 Å². The quantitative estimate of drug-likeness (QED) is 0.500. The highest BCUT2D eigenvalue weighted by Crippen LogP contribution is 2.42. The standard InChI is InChI=1S/C23H25N7O3/c1-12(2)33-18-10-15(6-7-17(18)32-5)16-11-21(31)24-23-22(16)13(3)27-30(23)20-9-8-19-26-25-14(4)29(19)28-20/h6-10,12,16H,11H2,1-5H3,(H,24,31)/t16-/m0/s1. The molecule has 4 aromatic rings. The summed E-state index contributed by atoms with van der Waals surface area (Å²) in [6.07, 6.45) is 0.301. The Hall–Kier alpha value is -3.95. The Labute approximate surface area is 190 Å². The van der Waals surface area contributed by atoms with E-state index in [1.54, 1.807) is 16.3 Å². The minimum absolute atomic E-state index is 0.00836. The van der Waals surface area contributed by atoms with E-state index in [-0.39, 0.29) is 17.9 Å². The van der Waals surface area contributed by atoms with Crippen LogP contribution in [0.5, 0.6) is 11.5 Å². The van der Waals surface area contributed by atoms with Crippen molar-refractivity contribution in [2.75, 3.05) is 12.4 Å². The summed E-state index contributed by atoms with van der Waals surface area (Å²) < 4.78 is 14.7. The van der Waals surface area contributed by atoms with E-state index in [1.165, 1.54) is 0 Å². The lowest BCUT2D eigenvalue weighted by atomic mass is 9.85. The molecule has 3 aromatic heterocycles. The van der Waals surface area contributed by atoms with E-state index >= 15 is 0 Å². The number of aromatic nitrogens is 6. The van der Waals surface area contributed by atoms with Gasteiger partial charge < -0.3 is 14.8 Å². The maximum absolute atomic E-state index is 12.8. The monoisotopic (exact) mass is 447 g/mol. The average molecular weight is 447 g/mol. The second kappa shape index (κ2) is 7.88. The Kier molecular flexibility index (Phi) is 4.99. The first-order valence-electron chi connectivity index (χ1n) is 10.8. The summed E-state index contributed by atoms with van der Waals surface area (Å²) >= 11 is 0. The van der Waals surface area contributed by atoms with Gasteiger partial charge in [-0.2, -0.15) is 14.3 Å². The van der Waals surface area contributed by atoms with Gasteiger partial charge in [-0.3, -0.25) is 4.79 Å². The van der Waals surface area contributed by atoms with E-state index in [0.717, 1.165) is 16.8 Å². The molecule has 170 valence electrons. The Balaban J connectivity index is 1.62. The number of methoxy groups -OCH3 is 1. The maximum atomic E-state index is 12.8. The Morgan fingerprint density at radius 2 is 1.91 bits per heavy atom. The molecule has 5 rings (SSSR count). The number of aryl methyl sites for hydroxylation is 2. The van der Waals surface area contributed by atoms with Crippen LogP contribution in [0, 0.1) is 13.8 Å². The van der Waals surface area contributed by atoms with Crippen molar-refractivity contribution in [3.8, 4) is 17.3 Å². The summed E-state index contributed by atoms with van der Waals surface area (Å²) in [4.78, 5) is 12.8. The highest BCUT2D eigenvalue weighted by molar-refractivity contribution is 5.95. The summed E-state index contributed by atoms with van der Waals surface area (Å²) in [5, 5.41) is 20.5. The zero-order chi connectivity index (χ0) is 23.3. The zero-order valence-corrected chi connectivity index (χ0v) is 19.2. The predicted molar refractivity (Wildman–Crippen MR) is 121 cm³/mol. The molecular weight excluding hydrogens is 422 g/mol. The molecule has 1 N–H and O–H groups in total. The lowest BCUT2D eigenvalue weighted by Gasteiger charge is -2.25. The Morgan fingerprint density at radius 1 is 1.09 bits per heavy atom. The van der Waals surface area contributed by atoms with Crippen molar-refractivity contribution in [2.24, 2.45) is 0 Å². The smallest absolute Gasteiger partial charge is 0.226 e. The largest absolute Gasteiger partial charge is 0.493 e. The van der Waals surface area contributed by atoms with Gasteiger partial charge in [0.2, 0.25) is 5.91 Å². The number of ether oxygens (including phenoxy) is 2. The first-order valence-corrected chi connectivity index (χ1v) is 10.8. The molecule has 0 radical (unpaired) electrons. The number of nitrogens with one attached hydrogen (secondary N) is 1. The number of anilines is 1. The number of carbonyl (C=O) groups is 1. The van der Waals surface area contributed by atoms with Gasteiger partial charge in [0.1, 0.15) is 5.82 Å². The van der Waals surface area contributed by atoms with E-state index in [9.17, 15) is 4.79 Å². The molecular formula is C23H25N7O3. The summed E-state index contributed by atoms with van der Waals surface area (Å²) in [5.74, 6) is 2.89. The van der Waals surface area contributed by atoms with Crippen LogP contribution < -0.4 is 14.8 Å². The normalized spacial score (nSPS) is 15.6. The third kappa shape index (κ3) is 3.57. The minimum Gasteiger partial charge on any atom is -0.493 e. The minimum atomic E-state index is -0.178.